The van der Waals surface area contributed by atoms with E-state index in [0.29, 0.717) is 17.2 Å². The number of carbonyl (C=O) groups excluding carboxylic acids is 1. The molecular formula is C22H28O2. The largest absolute Gasteiger partial charge is 0.423 e. The quantitative estimate of drug-likeness (QED) is 0.450. The van der Waals surface area contributed by atoms with Crippen LogP contribution in [0.15, 0.2) is 48.5 Å². The zero-order valence-electron chi connectivity index (χ0n) is 15.0. The standard InChI is InChI=1S/C22H28O2/c1-4-6-7-18-10-14-21(15-11-18)24-22(23)20-12-8-19(9-13-20)16-17(3)5-2/h8-15,17H,4-7,16H2,1-3H3. The van der Waals surface area contributed by atoms with Gasteiger partial charge in [0.1, 0.15) is 5.75 Å². The summed E-state index contributed by atoms with van der Waals surface area (Å²) in [5, 5.41) is 0. The molecule has 0 radical (unpaired) electrons. The van der Waals surface area contributed by atoms with Crippen molar-refractivity contribution in [1.29, 1.82) is 0 Å². The van der Waals surface area contributed by atoms with E-state index in [4.69, 9.17) is 4.74 Å². The number of aryl methyl sites for hydroxylation is 1. The molecule has 24 heavy (non-hydrogen) atoms. The summed E-state index contributed by atoms with van der Waals surface area (Å²) in [5.74, 6) is 0.962. The first kappa shape index (κ1) is 18.3. The van der Waals surface area contributed by atoms with Gasteiger partial charge < -0.3 is 4.74 Å². The van der Waals surface area contributed by atoms with E-state index in [1.54, 1.807) is 0 Å². The number of unbranched alkanes of at least 4 members (excludes halogenated alkanes) is 1. The number of esters is 1. The summed E-state index contributed by atoms with van der Waals surface area (Å²) in [6, 6.07) is 15.6. The van der Waals surface area contributed by atoms with Crippen LogP contribution in [0.2, 0.25) is 0 Å². The van der Waals surface area contributed by atoms with Gasteiger partial charge in [-0.05, 0) is 60.6 Å². The van der Waals surface area contributed by atoms with E-state index < -0.39 is 0 Å². The van der Waals surface area contributed by atoms with E-state index in [2.05, 4.69) is 20.8 Å². The van der Waals surface area contributed by atoms with Crippen LogP contribution in [0.1, 0.15) is 61.5 Å². The molecule has 0 amide bonds. The average Bonchev–Trinajstić information content (AvgIpc) is 2.61. The van der Waals surface area contributed by atoms with Crippen LogP contribution in [0.4, 0.5) is 0 Å². The third-order valence-electron chi connectivity index (χ3n) is 4.42. The van der Waals surface area contributed by atoms with E-state index in [9.17, 15) is 4.79 Å². The Morgan fingerprint density at radius 2 is 1.58 bits per heavy atom. The van der Waals surface area contributed by atoms with Crippen molar-refractivity contribution in [3.8, 4) is 5.75 Å². The van der Waals surface area contributed by atoms with Crippen molar-refractivity contribution in [3.05, 3.63) is 65.2 Å². The van der Waals surface area contributed by atoms with Gasteiger partial charge >= 0.3 is 5.97 Å². The molecule has 0 aliphatic heterocycles. The Labute approximate surface area is 145 Å². The van der Waals surface area contributed by atoms with Crippen LogP contribution in [0.5, 0.6) is 5.75 Å². The van der Waals surface area contributed by atoms with Crippen molar-refractivity contribution < 1.29 is 9.53 Å². The molecule has 0 aromatic heterocycles. The number of carbonyl (C=O) groups is 1. The van der Waals surface area contributed by atoms with Crippen molar-refractivity contribution in [2.75, 3.05) is 0 Å². The zero-order valence-corrected chi connectivity index (χ0v) is 15.0. The van der Waals surface area contributed by atoms with Gasteiger partial charge in [0.05, 0.1) is 5.56 Å². The third kappa shape index (κ3) is 5.52. The van der Waals surface area contributed by atoms with E-state index in [-0.39, 0.29) is 5.97 Å². The van der Waals surface area contributed by atoms with Crippen molar-refractivity contribution in [1.82, 2.24) is 0 Å². The van der Waals surface area contributed by atoms with Gasteiger partial charge in [-0.25, -0.2) is 4.79 Å². The maximum Gasteiger partial charge on any atom is 0.343 e. The summed E-state index contributed by atoms with van der Waals surface area (Å²) in [4.78, 5) is 12.2. The minimum absolute atomic E-state index is 0.300. The lowest BCUT2D eigenvalue weighted by Gasteiger charge is -2.09. The SMILES string of the molecule is CCCCc1ccc(OC(=O)c2ccc(CC(C)CC)cc2)cc1. The molecule has 0 saturated carbocycles. The number of benzene rings is 2. The smallest absolute Gasteiger partial charge is 0.343 e. The normalized spacial score (nSPS) is 12.0. The van der Waals surface area contributed by atoms with Crippen LogP contribution in [-0.4, -0.2) is 5.97 Å². The van der Waals surface area contributed by atoms with E-state index in [1.165, 1.54) is 24.0 Å². The van der Waals surface area contributed by atoms with Gasteiger partial charge in [0.25, 0.3) is 0 Å². The third-order valence-corrected chi connectivity index (χ3v) is 4.42. The van der Waals surface area contributed by atoms with E-state index in [0.717, 1.165) is 19.3 Å². The molecule has 2 aromatic carbocycles. The number of hydrogen-bond acceptors (Lipinski definition) is 2. The molecule has 1 atom stereocenters. The van der Waals surface area contributed by atoms with Crippen LogP contribution in [0.3, 0.4) is 0 Å². The van der Waals surface area contributed by atoms with Crippen LogP contribution < -0.4 is 4.74 Å². The summed E-state index contributed by atoms with van der Waals surface area (Å²) in [6.45, 7) is 6.63. The second kappa shape index (κ2) is 9.27. The topological polar surface area (TPSA) is 26.3 Å². The Hall–Kier alpha value is -2.09. The van der Waals surface area contributed by atoms with Crippen LogP contribution in [0.25, 0.3) is 0 Å². The molecule has 2 rings (SSSR count). The van der Waals surface area contributed by atoms with Gasteiger partial charge in [0.15, 0.2) is 0 Å². The number of ether oxygens (including phenoxy) is 1. The highest BCUT2D eigenvalue weighted by atomic mass is 16.5. The second-order valence-corrected chi connectivity index (χ2v) is 6.55. The summed E-state index contributed by atoms with van der Waals surface area (Å²) < 4.78 is 5.46. The fourth-order valence-corrected chi connectivity index (χ4v) is 2.59. The molecule has 0 heterocycles. The first-order valence-electron chi connectivity index (χ1n) is 9.02. The highest BCUT2D eigenvalue weighted by Gasteiger charge is 2.09. The van der Waals surface area contributed by atoms with Gasteiger partial charge in [0, 0.05) is 0 Å². The van der Waals surface area contributed by atoms with Crippen LogP contribution in [-0.2, 0) is 12.8 Å². The lowest BCUT2D eigenvalue weighted by Crippen LogP contribution is -2.08. The van der Waals surface area contributed by atoms with E-state index >= 15 is 0 Å². The Morgan fingerprint density at radius 3 is 2.17 bits per heavy atom. The minimum atomic E-state index is -0.300. The summed E-state index contributed by atoms with van der Waals surface area (Å²) in [7, 11) is 0. The van der Waals surface area contributed by atoms with Crippen molar-refractivity contribution in [2.24, 2.45) is 5.92 Å². The highest BCUT2D eigenvalue weighted by molar-refractivity contribution is 5.91. The fraction of sp³-hybridized carbons (Fsp3) is 0.409. The molecule has 2 aromatic rings. The van der Waals surface area contributed by atoms with E-state index in [1.807, 2.05) is 48.5 Å². The van der Waals surface area contributed by atoms with Gasteiger partial charge in [-0.1, -0.05) is 57.9 Å². The van der Waals surface area contributed by atoms with Crippen LogP contribution >= 0.6 is 0 Å². The summed E-state index contributed by atoms with van der Waals surface area (Å²) in [6.07, 6.45) is 5.65. The first-order valence-corrected chi connectivity index (χ1v) is 9.02. The Kier molecular flexibility index (Phi) is 7.05. The molecule has 0 bridgehead atoms. The molecule has 0 N–H and O–H groups in total. The first-order chi connectivity index (χ1) is 11.6. The molecule has 128 valence electrons. The zero-order chi connectivity index (χ0) is 17.4. The second-order valence-electron chi connectivity index (χ2n) is 6.55. The predicted octanol–water partition coefficient (Wildman–Crippen LogP) is 5.84. The fourth-order valence-electron chi connectivity index (χ4n) is 2.59. The van der Waals surface area contributed by atoms with Gasteiger partial charge in [-0.15, -0.1) is 0 Å². The Morgan fingerprint density at radius 1 is 0.958 bits per heavy atom. The maximum atomic E-state index is 12.2. The molecular weight excluding hydrogens is 296 g/mol. The Bertz CT molecular complexity index is 626. The predicted molar refractivity (Wildman–Crippen MR) is 99.6 cm³/mol. The van der Waals surface area contributed by atoms with Gasteiger partial charge in [-0.3, -0.25) is 0 Å². The highest BCUT2D eigenvalue weighted by Crippen LogP contribution is 2.17. The molecule has 0 fully saturated rings. The Balaban J connectivity index is 1.94. The lowest BCUT2D eigenvalue weighted by molar-refractivity contribution is 0.0734. The lowest BCUT2D eigenvalue weighted by atomic mass is 9.98. The molecule has 2 nitrogen and oxygen atoms in total. The monoisotopic (exact) mass is 324 g/mol. The van der Waals surface area contributed by atoms with Gasteiger partial charge in [-0.2, -0.15) is 0 Å². The van der Waals surface area contributed by atoms with Crippen LogP contribution in [0, 0.1) is 5.92 Å². The summed E-state index contributed by atoms with van der Waals surface area (Å²) >= 11 is 0. The summed E-state index contributed by atoms with van der Waals surface area (Å²) in [5.41, 5.74) is 3.14. The average molecular weight is 324 g/mol. The molecule has 0 saturated heterocycles. The molecule has 2 heteroatoms. The number of hydrogen-bond donors (Lipinski definition) is 0. The van der Waals surface area contributed by atoms with Crippen molar-refractivity contribution >= 4 is 5.97 Å². The van der Waals surface area contributed by atoms with Crippen molar-refractivity contribution in [3.63, 3.8) is 0 Å². The maximum absolute atomic E-state index is 12.2. The molecule has 0 aliphatic carbocycles. The molecule has 1 unspecified atom stereocenters. The molecule has 0 aliphatic rings. The number of rotatable bonds is 8. The van der Waals surface area contributed by atoms with Gasteiger partial charge in [0.2, 0.25) is 0 Å². The van der Waals surface area contributed by atoms with Crippen molar-refractivity contribution in [2.45, 2.75) is 52.9 Å². The molecule has 0 spiro atoms. The minimum Gasteiger partial charge on any atom is -0.423 e.